The zero-order valence-electron chi connectivity index (χ0n) is 12.8. The van der Waals surface area contributed by atoms with Gasteiger partial charge in [0.1, 0.15) is 12.1 Å². The van der Waals surface area contributed by atoms with Crippen molar-refractivity contribution in [1.82, 2.24) is 4.57 Å². The fourth-order valence-corrected chi connectivity index (χ4v) is 3.68. The Bertz CT molecular complexity index is 1080. The molecule has 1 aromatic carbocycles. The number of benzene rings is 1. The molecular weight excluding hydrogens is 374 g/mol. The molecule has 0 saturated heterocycles. The maximum absolute atomic E-state index is 13.5. The van der Waals surface area contributed by atoms with E-state index in [9.17, 15) is 31.9 Å². The smallest absolute Gasteiger partial charge is 0.307 e. The summed E-state index contributed by atoms with van der Waals surface area (Å²) >= 11 is 1.01. The second-order valence-electron chi connectivity index (χ2n) is 5.37. The van der Waals surface area contributed by atoms with E-state index < -0.39 is 23.1 Å². The van der Waals surface area contributed by atoms with Crippen molar-refractivity contribution in [3.63, 3.8) is 0 Å². The van der Waals surface area contributed by atoms with Crippen molar-refractivity contribution in [3.05, 3.63) is 57.1 Å². The fraction of sp³-hybridized carbons (Fsp3) is 0.118. The van der Waals surface area contributed by atoms with Crippen molar-refractivity contribution >= 4 is 34.0 Å². The third-order valence-electron chi connectivity index (χ3n) is 3.80. The van der Waals surface area contributed by atoms with E-state index in [1.54, 1.807) is 0 Å². The number of pyridine rings is 1. The van der Waals surface area contributed by atoms with Crippen molar-refractivity contribution < 1.29 is 27.2 Å². The van der Waals surface area contributed by atoms with Crippen LogP contribution in [0.25, 0.3) is 21.2 Å². The molecule has 2 heterocycles. The number of carbonyl (C=O) groups excluding carboxylic acids is 2. The minimum Gasteiger partial charge on any atom is -0.307 e. The first-order valence-electron chi connectivity index (χ1n) is 7.18. The third kappa shape index (κ3) is 2.94. The van der Waals surface area contributed by atoms with Gasteiger partial charge in [-0.2, -0.15) is 13.2 Å². The van der Waals surface area contributed by atoms with Gasteiger partial charge in [0.2, 0.25) is 0 Å². The van der Waals surface area contributed by atoms with Crippen LogP contribution in [-0.4, -0.2) is 17.1 Å². The fourth-order valence-electron chi connectivity index (χ4n) is 2.63. The molecule has 134 valence electrons. The van der Waals surface area contributed by atoms with Crippen LogP contribution in [0.15, 0.2) is 34.6 Å². The zero-order valence-corrected chi connectivity index (χ0v) is 13.7. The van der Waals surface area contributed by atoms with Crippen LogP contribution in [0.5, 0.6) is 0 Å². The Hall–Kier alpha value is -2.81. The van der Waals surface area contributed by atoms with E-state index in [1.807, 2.05) is 0 Å². The van der Waals surface area contributed by atoms with E-state index in [0.717, 1.165) is 22.0 Å². The number of nitrogens with zero attached hydrogens (tertiary/aromatic N) is 1. The lowest BCUT2D eigenvalue weighted by molar-refractivity contribution is -0.139. The lowest BCUT2D eigenvalue weighted by Gasteiger charge is -2.10. The van der Waals surface area contributed by atoms with E-state index in [4.69, 9.17) is 0 Å². The van der Waals surface area contributed by atoms with Gasteiger partial charge in [0.25, 0.3) is 5.56 Å². The Labute approximate surface area is 147 Å². The second kappa shape index (κ2) is 6.49. The molecular formula is C17H9F4NO3S. The summed E-state index contributed by atoms with van der Waals surface area (Å²) < 4.78 is 53.7. The van der Waals surface area contributed by atoms with Gasteiger partial charge in [-0.15, -0.1) is 11.3 Å². The highest BCUT2D eigenvalue weighted by Gasteiger charge is 2.34. The van der Waals surface area contributed by atoms with Crippen LogP contribution < -0.4 is 5.56 Å². The lowest BCUT2D eigenvalue weighted by atomic mass is 10.0. The number of thiophene rings is 1. The number of halogens is 4. The van der Waals surface area contributed by atoms with Crippen molar-refractivity contribution in [2.75, 3.05) is 0 Å². The van der Waals surface area contributed by atoms with Gasteiger partial charge in [0.05, 0.1) is 22.2 Å². The Kier molecular flexibility index (Phi) is 4.49. The van der Waals surface area contributed by atoms with E-state index in [2.05, 4.69) is 0 Å². The Morgan fingerprint density at radius 1 is 1.19 bits per heavy atom. The Morgan fingerprint density at radius 2 is 1.92 bits per heavy atom. The molecule has 0 spiro atoms. The largest absolute Gasteiger partial charge is 0.419 e. The Morgan fingerprint density at radius 3 is 2.54 bits per heavy atom. The van der Waals surface area contributed by atoms with Crippen LogP contribution in [0.1, 0.15) is 15.9 Å². The first-order chi connectivity index (χ1) is 12.3. The molecule has 0 fully saturated rings. The van der Waals surface area contributed by atoms with Gasteiger partial charge in [-0.3, -0.25) is 9.59 Å². The molecule has 0 bridgehead atoms. The molecule has 0 N–H and O–H groups in total. The van der Waals surface area contributed by atoms with Gasteiger partial charge >= 0.3 is 6.18 Å². The number of hydrogen-bond acceptors (Lipinski definition) is 4. The highest BCUT2D eigenvalue weighted by Crippen LogP contribution is 2.38. The average molecular weight is 383 g/mol. The summed E-state index contributed by atoms with van der Waals surface area (Å²) in [6.45, 7) is -0.303. The molecule has 2 aromatic heterocycles. The van der Waals surface area contributed by atoms with Crippen LogP contribution in [0, 0.1) is 5.82 Å². The van der Waals surface area contributed by atoms with Crippen LogP contribution in [0.4, 0.5) is 17.6 Å². The van der Waals surface area contributed by atoms with Crippen molar-refractivity contribution in [3.8, 4) is 11.1 Å². The summed E-state index contributed by atoms with van der Waals surface area (Å²) in [7, 11) is 0. The highest BCUT2D eigenvalue weighted by atomic mass is 32.1. The molecule has 3 rings (SSSR count). The normalized spacial score (nSPS) is 11.7. The molecule has 0 aliphatic heterocycles. The maximum atomic E-state index is 13.5. The average Bonchev–Trinajstić information content (AvgIpc) is 3.02. The molecule has 0 aliphatic carbocycles. The minimum absolute atomic E-state index is 0.0113. The van der Waals surface area contributed by atoms with Crippen molar-refractivity contribution in [1.29, 1.82) is 0 Å². The molecule has 0 amide bonds. The van der Waals surface area contributed by atoms with Crippen LogP contribution >= 0.6 is 11.3 Å². The summed E-state index contributed by atoms with van der Waals surface area (Å²) in [5.74, 6) is -1.42. The quantitative estimate of drug-likeness (QED) is 0.507. The number of carbonyl (C=O) groups is 2. The molecule has 0 unspecified atom stereocenters. The van der Waals surface area contributed by atoms with E-state index in [-0.39, 0.29) is 28.6 Å². The number of aldehydes is 2. The van der Waals surface area contributed by atoms with Crippen molar-refractivity contribution in [2.45, 2.75) is 12.7 Å². The van der Waals surface area contributed by atoms with E-state index in [1.165, 1.54) is 11.6 Å². The van der Waals surface area contributed by atoms with Gasteiger partial charge in [-0.25, -0.2) is 4.39 Å². The van der Waals surface area contributed by atoms with Gasteiger partial charge in [0, 0.05) is 22.7 Å². The number of fused-ring (bicyclic) bond motifs is 1. The summed E-state index contributed by atoms with van der Waals surface area (Å²) in [6.07, 6.45) is -2.71. The monoisotopic (exact) mass is 383 g/mol. The summed E-state index contributed by atoms with van der Waals surface area (Å²) in [5, 5.41) is 1.44. The third-order valence-corrected chi connectivity index (χ3v) is 4.83. The van der Waals surface area contributed by atoms with Gasteiger partial charge in [-0.05, 0) is 17.7 Å². The number of hydrogen-bond donors (Lipinski definition) is 0. The number of alkyl halides is 3. The van der Waals surface area contributed by atoms with Gasteiger partial charge < -0.3 is 9.36 Å². The summed E-state index contributed by atoms with van der Waals surface area (Å²) in [5.41, 5.74) is -1.80. The number of aromatic nitrogens is 1. The second-order valence-corrected chi connectivity index (χ2v) is 6.25. The first kappa shape index (κ1) is 18.0. The van der Waals surface area contributed by atoms with Crippen molar-refractivity contribution in [2.24, 2.45) is 0 Å². The SMILES string of the molecule is O=CCn1cc(C=O)c2scc(-c3ccc(F)c(C(F)(F)F)c3)c2c1=O. The van der Waals surface area contributed by atoms with Crippen LogP contribution in [-0.2, 0) is 17.5 Å². The van der Waals surface area contributed by atoms with Gasteiger partial charge in [-0.1, -0.05) is 6.07 Å². The standard InChI is InChI=1S/C17H9F4NO3S/c18-13-2-1-9(5-12(13)17(19,20)21)11-8-26-15-10(7-24)6-22(3-4-23)16(25)14(11)15/h1-2,4-8H,3H2. The minimum atomic E-state index is -4.89. The highest BCUT2D eigenvalue weighted by molar-refractivity contribution is 7.18. The lowest BCUT2D eigenvalue weighted by Crippen LogP contribution is -2.21. The molecule has 0 atom stereocenters. The van der Waals surface area contributed by atoms with E-state index >= 15 is 0 Å². The topological polar surface area (TPSA) is 56.1 Å². The number of rotatable bonds is 4. The predicted molar refractivity (Wildman–Crippen MR) is 87.9 cm³/mol. The Balaban J connectivity index is 2.34. The predicted octanol–water partition coefficient (Wildman–Crippen LogP) is 3.90. The van der Waals surface area contributed by atoms with Crippen LogP contribution in [0.3, 0.4) is 0 Å². The molecule has 3 aromatic rings. The summed E-state index contributed by atoms with van der Waals surface area (Å²) in [6, 6.07) is 2.42. The van der Waals surface area contributed by atoms with E-state index in [0.29, 0.717) is 29.4 Å². The zero-order chi connectivity index (χ0) is 19.1. The molecule has 0 aliphatic rings. The van der Waals surface area contributed by atoms with Crippen LogP contribution in [0.2, 0.25) is 0 Å². The molecule has 9 heteroatoms. The molecule has 26 heavy (non-hydrogen) atoms. The molecule has 0 saturated carbocycles. The maximum Gasteiger partial charge on any atom is 0.419 e. The van der Waals surface area contributed by atoms with Gasteiger partial charge in [0.15, 0.2) is 6.29 Å². The molecule has 0 radical (unpaired) electrons. The summed E-state index contributed by atoms with van der Waals surface area (Å²) in [4.78, 5) is 34.6. The first-order valence-corrected chi connectivity index (χ1v) is 8.06. The molecule has 4 nitrogen and oxygen atoms in total.